The fourth-order valence-electron chi connectivity index (χ4n) is 3.88. The second-order valence-electron chi connectivity index (χ2n) is 8.58. The van der Waals surface area contributed by atoms with Crippen molar-refractivity contribution >= 4 is 7.60 Å². The topological polar surface area (TPSA) is 60.2 Å². The fourth-order valence-corrected chi connectivity index (χ4v) is 5.55. The first kappa shape index (κ1) is 33.2. The van der Waals surface area contributed by atoms with Crippen LogP contribution in [0.4, 0.5) is 0 Å². The van der Waals surface area contributed by atoms with Gasteiger partial charge in [-0.2, -0.15) is 0 Å². The summed E-state index contributed by atoms with van der Waals surface area (Å²) < 4.78 is 23.2. The van der Waals surface area contributed by atoms with Crippen molar-refractivity contribution in [2.75, 3.05) is 46.6 Å². The van der Waals surface area contributed by atoms with Gasteiger partial charge in [-0.1, -0.05) is 84.0 Å². The van der Waals surface area contributed by atoms with Gasteiger partial charge in [-0.05, 0) is 26.7 Å². The third-order valence-corrected chi connectivity index (χ3v) is 7.81. The van der Waals surface area contributed by atoms with Crippen LogP contribution in [0.5, 0.6) is 0 Å². The van der Waals surface area contributed by atoms with Gasteiger partial charge in [0, 0.05) is 13.5 Å². The lowest BCUT2D eigenvalue weighted by atomic mass is 10.0. The lowest BCUT2D eigenvalue weighted by Crippen LogP contribution is -3.09. The predicted molar refractivity (Wildman–Crippen MR) is 135 cm³/mol. The standard InChI is InChI=1S/C24H52NO3P.CH4O/c1-5-8-9-10-11-12-13-14-15-16-17-18-19-20-22-25(4)23-21-24-29(26,27-6-2)28-7-3;1-2/h5-24H2,1-4H3;2H,1H3/p+1. The number of hydrogen-bond acceptors (Lipinski definition) is 4. The highest BCUT2D eigenvalue weighted by Crippen LogP contribution is 2.48. The van der Waals surface area contributed by atoms with Gasteiger partial charge in [0.25, 0.3) is 0 Å². The molecule has 1 unspecified atom stereocenters. The van der Waals surface area contributed by atoms with Gasteiger partial charge in [0.05, 0.1) is 39.5 Å². The van der Waals surface area contributed by atoms with E-state index in [4.69, 9.17) is 14.2 Å². The van der Waals surface area contributed by atoms with E-state index in [1.54, 1.807) is 0 Å². The highest BCUT2D eigenvalue weighted by molar-refractivity contribution is 7.53. The minimum absolute atomic E-state index is 0.457. The summed E-state index contributed by atoms with van der Waals surface area (Å²) >= 11 is 0. The molecular formula is C25H57NO4P+. The number of aliphatic hydroxyl groups is 1. The molecule has 6 heteroatoms. The van der Waals surface area contributed by atoms with Crippen molar-refractivity contribution in [3.63, 3.8) is 0 Å². The van der Waals surface area contributed by atoms with Crippen LogP contribution in [-0.2, 0) is 13.6 Å². The molecule has 0 radical (unpaired) electrons. The SMILES string of the molecule is CCCCCCCCCCCCCCCC[NH+](C)CCCP(=O)(OCC)OCC.CO. The Morgan fingerprint density at radius 2 is 0.968 bits per heavy atom. The van der Waals surface area contributed by atoms with E-state index in [-0.39, 0.29) is 0 Å². The quantitative estimate of drug-likeness (QED) is 0.138. The van der Waals surface area contributed by atoms with Gasteiger partial charge in [-0.3, -0.25) is 4.57 Å². The molecule has 0 aromatic carbocycles. The first-order valence-corrected chi connectivity index (χ1v) is 14.9. The predicted octanol–water partition coefficient (Wildman–Crippen LogP) is 6.25. The number of hydrogen-bond donors (Lipinski definition) is 2. The second-order valence-corrected chi connectivity index (χ2v) is 10.8. The molecule has 190 valence electrons. The van der Waals surface area contributed by atoms with Gasteiger partial charge in [-0.25, -0.2) is 0 Å². The molecule has 0 aliphatic carbocycles. The molecule has 0 amide bonds. The van der Waals surface area contributed by atoms with Crippen molar-refractivity contribution in [2.45, 2.75) is 117 Å². The van der Waals surface area contributed by atoms with Crippen molar-refractivity contribution in [3.8, 4) is 0 Å². The highest BCUT2D eigenvalue weighted by Gasteiger charge is 2.23. The molecule has 5 nitrogen and oxygen atoms in total. The maximum absolute atomic E-state index is 12.4. The number of nitrogens with one attached hydrogen (secondary N) is 1. The van der Waals surface area contributed by atoms with Crippen LogP contribution in [0.15, 0.2) is 0 Å². The van der Waals surface area contributed by atoms with Crippen molar-refractivity contribution in [1.29, 1.82) is 0 Å². The maximum atomic E-state index is 12.4. The highest BCUT2D eigenvalue weighted by atomic mass is 31.2. The molecular weight excluding hydrogens is 409 g/mol. The van der Waals surface area contributed by atoms with E-state index in [1.165, 1.54) is 101 Å². The molecule has 0 rings (SSSR count). The Kier molecular flexibility index (Phi) is 28.2. The summed E-state index contributed by atoms with van der Waals surface area (Å²) in [5.41, 5.74) is 0. The number of quaternary nitrogens is 1. The van der Waals surface area contributed by atoms with Crippen LogP contribution < -0.4 is 4.90 Å². The molecule has 0 heterocycles. The van der Waals surface area contributed by atoms with Crippen LogP contribution in [0.3, 0.4) is 0 Å². The van der Waals surface area contributed by atoms with E-state index in [1.807, 2.05) is 13.8 Å². The van der Waals surface area contributed by atoms with Gasteiger partial charge in [0.2, 0.25) is 0 Å². The zero-order valence-corrected chi connectivity index (χ0v) is 22.7. The summed E-state index contributed by atoms with van der Waals surface area (Å²) in [7, 11) is 0.394. The lowest BCUT2D eigenvalue weighted by molar-refractivity contribution is -0.879. The van der Waals surface area contributed by atoms with Gasteiger partial charge in [-0.15, -0.1) is 0 Å². The zero-order valence-electron chi connectivity index (χ0n) is 21.8. The molecule has 1 atom stereocenters. The molecule has 0 fully saturated rings. The average molecular weight is 467 g/mol. The molecule has 2 N–H and O–H groups in total. The first-order chi connectivity index (χ1) is 15.1. The fraction of sp³-hybridized carbons (Fsp3) is 1.00. The molecule has 0 aliphatic heterocycles. The number of aliphatic hydroxyl groups excluding tert-OH is 1. The Bertz CT molecular complexity index is 373. The van der Waals surface area contributed by atoms with Gasteiger partial charge in [0.15, 0.2) is 0 Å². The molecule has 0 saturated heterocycles. The molecule has 0 spiro atoms. The van der Waals surface area contributed by atoms with E-state index < -0.39 is 7.60 Å². The summed E-state index contributed by atoms with van der Waals surface area (Å²) in [6.07, 6.45) is 21.2. The van der Waals surface area contributed by atoms with Crippen LogP contribution in [0.2, 0.25) is 0 Å². The molecule has 0 aromatic rings. The average Bonchev–Trinajstić information content (AvgIpc) is 2.75. The summed E-state index contributed by atoms with van der Waals surface area (Å²) in [5.74, 6) is 0. The second kappa shape index (κ2) is 26.3. The Hall–Kier alpha value is 0.0700. The van der Waals surface area contributed by atoms with Crippen LogP contribution in [0, 0.1) is 0 Å². The summed E-state index contributed by atoms with van der Waals surface area (Å²) in [6, 6.07) is 0. The van der Waals surface area contributed by atoms with Gasteiger partial charge >= 0.3 is 7.60 Å². The smallest absolute Gasteiger partial charge is 0.330 e. The summed E-state index contributed by atoms with van der Waals surface area (Å²) in [6.45, 7) is 9.21. The van der Waals surface area contributed by atoms with Crippen LogP contribution >= 0.6 is 7.60 Å². The van der Waals surface area contributed by atoms with Gasteiger partial charge < -0.3 is 19.1 Å². The third kappa shape index (κ3) is 24.5. The van der Waals surface area contributed by atoms with Crippen LogP contribution in [0.25, 0.3) is 0 Å². The molecule has 0 saturated carbocycles. The van der Waals surface area contributed by atoms with Crippen molar-refractivity contribution in [1.82, 2.24) is 0 Å². The largest absolute Gasteiger partial charge is 0.400 e. The molecule has 0 aliphatic rings. The summed E-state index contributed by atoms with van der Waals surface area (Å²) in [4.78, 5) is 1.53. The van der Waals surface area contributed by atoms with Crippen molar-refractivity contribution < 1.29 is 23.6 Å². The van der Waals surface area contributed by atoms with Gasteiger partial charge in [0.1, 0.15) is 0 Å². The Balaban J connectivity index is 0. The Labute approximate surface area is 195 Å². The van der Waals surface area contributed by atoms with E-state index in [2.05, 4.69) is 14.0 Å². The minimum atomic E-state index is -2.85. The zero-order chi connectivity index (χ0) is 23.6. The number of unbranched alkanes of at least 4 members (excludes halogenated alkanes) is 13. The summed E-state index contributed by atoms with van der Waals surface area (Å²) in [5, 5.41) is 7.00. The first-order valence-electron chi connectivity index (χ1n) is 13.2. The number of rotatable bonds is 23. The molecule has 0 aromatic heterocycles. The maximum Gasteiger partial charge on any atom is 0.330 e. The molecule has 0 bridgehead atoms. The normalized spacial score (nSPS) is 12.5. The van der Waals surface area contributed by atoms with E-state index in [9.17, 15) is 4.57 Å². The van der Waals surface area contributed by atoms with E-state index >= 15 is 0 Å². The monoisotopic (exact) mass is 466 g/mol. The molecule has 31 heavy (non-hydrogen) atoms. The van der Waals surface area contributed by atoms with Crippen LogP contribution in [-0.4, -0.2) is 51.7 Å². The third-order valence-electron chi connectivity index (χ3n) is 5.64. The van der Waals surface area contributed by atoms with Crippen molar-refractivity contribution in [3.05, 3.63) is 0 Å². The van der Waals surface area contributed by atoms with Crippen molar-refractivity contribution in [2.24, 2.45) is 0 Å². The van der Waals surface area contributed by atoms with E-state index in [0.29, 0.717) is 19.4 Å². The van der Waals surface area contributed by atoms with E-state index in [0.717, 1.165) is 20.1 Å². The Morgan fingerprint density at radius 1 is 0.613 bits per heavy atom. The van der Waals surface area contributed by atoms with Crippen LogP contribution in [0.1, 0.15) is 117 Å². The Morgan fingerprint density at radius 3 is 1.35 bits per heavy atom. The minimum Gasteiger partial charge on any atom is -0.400 e. The lowest BCUT2D eigenvalue weighted by Gasteiger charge is -2.18.